The number of hydrogen-bond acceptors (Lipinski definition) is 4. The van der Waals surface area contributed by atoms with Crippen LogP contribution in [-0.4, -0.2) is 32.7 Å². The minimum atomic E-state index is -0.156. The molecule has 0 saturated carbocycles. The normalized spacial score (nSPS) is 12.2. The van der Waals surface area contributed by atoms with Crippen molar-refractivity contribution >= 4 is 23.2 Å². The van der Waals surface area contributed by atoms with Gasteiger partial charge >= 0.3 is 6.03 Å². The SMILES string of the molecule is CCc1nc(C)c(C(C)N(C)C(=O)Nc2ccnn2C)s1. The summed E-state index contributed by atoms with van der Waals surface area (Å²) in [5.74, 6) is 0.675. The molecule has 2 aromatic rings. The smallest absolute Gasteiger partial charge is 0.320 e. The van der Waals surface area contributed by atoms with Crippen LogP contribution in [0, 0.1) is 6.92 Å². The second-order valence-electron chi connectivity index (χ2n) is 4.97. The zero-order valence-corrected chi connectivity index (χ0v) is 13.9. The average Bonchev–Trinajstić information content (AvgIpc) is 3.03. The van der Waals surface area contributed by atoms with Gasteiger partial charge in [0.25, 0.3) is 0 Å². The van der Waals surface area contributed by atoms with Crippen LogP contribution in [0.1, 0.15) is 35.5 Å². The van der Waals surface area contributed by atoms with Crippen LogP contribution in [0.2, 0.25) is 0 Å². The summed E-state index contributed by atoms with van der Waals surface area (Å²) in [6.45, 7) is 6.10. The van der Waals surface area contributed by atoms with Crippen molar-refractivity contribution in [1.29, 1.82) is 0 Å². The maximum absolute atomic E-state index is 12.3. The number of carbonyl (C=O) groups is 1. The van der Waals surface area contributed by atoms with Crippen LogP contribution < -0.4 is 5.32 Å². The van der Waals surface area contributed by atoms with Gasteiger partial charge in [0, 0.05) is 25.0 Å². The minimum absolute atomic E-state index is 0.0176. The Morgan fingerprint density at radius 1 is 1.57 bits per heavy atom. The van der Waals surface area contributed by atoms with Crippen molar-refractivity contribution in [3.05, 3.63) is 27.8 Å². The maximum atomic E-state index is 12.3. The predicted molar refractivity (Wildman–Crippen MR) is 84.6 cm³/mol. The van der Waals surface area contributed by atoms with E-state index in [4.69, 9.17) is 0 Å². The number of hydrogen-bond donors (Lipinski definition) is 1. The third-order valence-corrected chi connectivity index (χ3v) is 4.99. The van der Waals surface area contributed by atoms with Crippen LogP contribution in [0.3, 0.4) is 0 Å². The van der Waals surface area contributed by atoms with Gasteiger partial charge in [0.1, 0.15) is 5.82 Å². The summed E-state index contributed by atoms with van der Waals surface area (Å²) in [4.78, 5) is 19.7. The Morgan fingerprint density at radius 3 is 2.81 bits per heavy atom. The van der Waals surface area contributed by atoms with E-state index in [0.717, 1.165) is 22.0 Å². The number of urea groups is 1. The molecule has 2 amide bonds. The molecule has 1 atom stereocenters. The number of thiazole rings is 1. The van der Waals surface area contributed by atoms with Crippen molar-refractivity contribution in [2.24, 2.45) is 7.05 Å². The number of nitrogens with zero attached hydrogens (tertiary/aromatic N) is 4. The molecule has 2 aromatic heterocycles. The Kier molecular flexibility index (Phi) is 4.62. The summed E-state index contributed by atoms with van der Waals surface area (Å²) in [6, 6.07) is 1.59. The maximum Gasteiger partial charge on any atom is 0.323 e. The first kappa shape index (κ1) is 15.5. The first-order chi connectivity index (χ1) is 9.93. The first-order valence-corrected chi connectivity index (χ1v) is 7.73. The van der Waals surface area contributed by atoms with Crippen molar-refractivity contribution in [2.75, 3.05) is 12.4 Å². The Labute approximate surface area is 128 Å². The second-order valence-corrected chi connectivity index (χ2v) is 6.08. The van der Waals surface area contributed by atoms with Crippen molar-refractivity contribution < 1.29 is 4.79 Å². The summed E-state index contributed by atoms with van der Waals surface area (Å²) in [5.41, 5.74) is 1.00. The van der Waals surface area contributed by atoms with Gasteiger partial charge in [-0.05, 0) is 20.3 Å². The summed E-state index contributed by atoms with van der Waals surface area (Å²) in [5, 5.41) is 7.99. The van der Waals surface area contributed by atoms with Gasteiger partial charge in [-0.3, -0.25) is 10.00 Å². The van der Waals surface area contributed by atoms with Crippen LogP contribution in [0.5, 0.6) is 0 Å². The Bertz CT molecular complexity index is 633. The molecule has 0 saturated heterocycles. The van der Waals surface area contributed by atoms with Crippen molar-refractivity contribution in [3.63, 3.8) is 0 Å². The molecule has 2 heterocycles. The van der Waals surface area contributed by atoms with E-state index in [1.54, 1.807) is 47.3 Å². The number of amides is 2. The van der Waals surface area contributed by atoms with Crippen molar-refractivity contribution in [2.45, 2.75) is 33.2 Å². The van der Waals surface area contributed by atoms with Gasteiger partial charge in [-0.2, -0.15) is 5.10 Å². The molecule has 7 heteroatoms. The van der Waals surface area contributed by atoms with E-state index in [9.17, 15) is 4.79 Å². The van der Waals surface area contributed by atoms with Gasteiger partial charge in [-0.1, -0.05) is 6.92 Å². The molecule has 0 aliphatic heterocycles. The minimum Gasteiger partial charge on any atom is -0.320 e. The Morgan fingerprint density at radius 2 is 2.29 bits per heavy atom. The van der Waals surface area contributed by atoms with E-state index in [1.807, 2.05) is 13.8 Å². The largest absolute Gasteiger partial charge is 0.323 e. The molecule has 0 aliphatic rings. The number of anilines is 1. The van der Waals surface area contributed by atoms with Crippen LogP contribution in [0.4, 0.5) is 10.6 Å². The molecule has 21 heavy (non-hydrogen) atoms. The lowest BCUT2D eigenvalue weighted by Crippen LogP contribution is -2.34. The van der Waals surface area contributed by atoms with Crippen molar-refractivity contribution in [3.8, 4) is 0 Å². The van der Waals surface area contributed by atoms with Gasteiger partial charge in [0.2, 0.25) is 0 Å². The fourth-order valence-corrected chi connectivity index (χ4v) is 3.15. The highest BCUT2D eigenvalue weighted by molar-refractivity contribution is 7.11. The van der Waals surface area contributed by atoms with E-state index >= 15 is 0 Å². The fourth-order valence-electron chi connectivity index (χ4n) is 2.05. The molecule has 0 fully saturated rings. The van der Waals surface area contributed by atoms with E-state index in [-0.39, 0.29) is 12.1 Å². The molecule has 2 rings (SSSR count). The molecule has 6 nitrogen and oxygen atoms in total. The Balaban J connectivity index is 2.11. The third-order valence-electron chi connectivity index (χ3n) is 3.52. The summed E-state index contributed by atoms with van der Waals surface area (Å²) in [7, 11) is 3.58. The van der Waals surface area contributed by atoms with Crippen LogP contribution in [0.15, 0.2) is 12.3 Å². The van der Waals surface area contributed by atoms with Gasteiger partial charge in [-0.15, -0.1) is 11.3 Å². The summed E-state index contributed by atoms with van der Waals surface area (Å²) >= 11 is 1.67. The third kappa shape index (κ3) is 3.24. The molecule has 1 N–H and O–H groups in total. The quantitative estimate of drug-likeness (QED) is 0.944. The molecule has 1 unspecified atom stereocenters. The lowest BCUT2D eigenvalue weighted by Gasteiger charge is -2.24. The first-order valence-electron chi connectivity index (χ1n) is 6.92. The molecular weight excluding hydrogens is 286 g/mol. The zero-order chi connectivity index (χ0) is 15.6. The highest BCUT2D eigenvalue weighted by Gasteiger charge is 2.22. The highest BCUT2D eigenvalue weighted by atomic mass is 32.1. The van der Waals surface area contributed by atoms with Gasteiger partial charge in [0.15, 0.2) is 0 Å². The second kappa shape index (κ2) is 6.26. The molecule has 114 valence electrons. The highest BCUT2D eigenvalue weighted by Crippen LogP contribution is 2.29. The monoisotopic (exact) mass is 307 g/mol. The van der Waals surface area contributed by atoms with E-state index in [1.165, 1.54) is 0 Å². The molecular formula is C14H21N5OS. The average molecular weight is 307 g/mol. The van der Waals surface area contributed by atoms with Crippen molar-refractivity contribution in [1.82, 2.24) is 19.7 Å². The molecule has 0 spiro atoms. The van der Waals surface area contributed by atoms with Crippen LogP contribution in [0.25, 0.3) is 0 Å². The summed E-state index contributed by atoms with van der Waals surface area (Å²) < 4.78 is 1.63. The fraction of sp³-hybridized carbons (Fsp3) is 0.500. The lowest BCUT2D eigenvalue weighted by atomic mass is 10.2. The molecule has 0 bridgehead atoms. The van der Waals surface area contributed by atoms with Gasteiger partial charge in [0.05, 0.1) is 22.9 Å². The molecule has 0 aromatic carbocycles. The molecule has 0 aliphatic carbocycles. The number of aryl methyl sites for hydroxylation is 3. The van der Waals surface area contributed by atoms with Gasteiger partial charge < -0.3 is 4.90 Å². The topological polar surface area (TPSA) is 63.1 Å². The number of aromatic nitrogens is 3. The molecule has 0 radical (unpaired) electrons. The number of carbonyl (C=O) groups excluding carboxylic acids is 1. The van der Waals surface area contributed by atoms with E-state index in [2.05, 4.69) is 22.3 Å². The Hall–Kier alpha value is -1.89. The van der Waals surface area contributed by atoms with Crippen LogP contribution in [-0.2, 0) is 13.5 Å². The number of nitrogens with one attached hydrogen (secondary N) is 1. The van der Waals surface area contributed by atoms with E-state index < -0.39 is 0 Å². The van der Waals surface area contributed by atoms with Crippen LogP contribution >= 0.6 is 11.3 Å². The standard InChI is InChI=1S/C14H21N5OS/c1-6-12-16-9(2)13(21-12)10(3)18(4)14(20)17-11-7-8-15-19(11)5/h7-8,10H,6H2,1-5H3,(H,17,20). The predicted octanol–water partition coefficient (Wildman–Crippen LogP) is 2.97. The zero-order valence-electron chi connectivity index (χ0n) is 13.0. The van der Waals surface area contributed by atoms with Gasteiger partial charge in [-0.25, -0.2) is 9.78 Å². The summed E-state index contributed by atoms with van der Waals surface area (Å²) in [6.07, 6.45) is 2.57. The number of rotatable bonds is 4. The lowest BCUT2D eigenvalue weighted by molar-refractivity contribution is 0.209. The van der Waals surface area contributed by atoms with E-state index in [0.29, 0.717) is 5.82 Å².